The van der Waals surface area contributed by atoms with E-state index in [-0.39, 0.29) is 12.2 Å². The van der Waals surface area contributed by atoms with Crippen molar-refractivity contribution in [1.29, 1.82) is 0 Å². The van der Waals surface area contributed by atoms with E-state index in [0.717, 1.165) is 0 Å². The fourth-order valence-corrected chi connectivity index (χ4v) is 3.33. The Bertz CT molecular complexity index is 358. The summed E-state index contributed by atoms with van der Waals surface area (Å²) >= 11 is 0. The molecule has 3 N–H and O–H groups in total. The van der Waals surface area contributed by atoms with E-state index in [1.54, 1.807) is 0 Å². The molecule has 0 radical (unpaired) electrons. The Kier molecular flexibility index (Phi) is 5.55. The minimum Gasteiger partial charge on any atom is -0.481 e. The van der Waals surface area contributed by atoms with Gasteiger partial charge in [-0.25, -0.2) is 0 Å². The molecule has 3 rings (SSSR count). The predicted octanol–water partition coefficient (Wildman–Crippen LogP) is -0.139. The number of aliphatic carboxylic acids is 2. The van der Waals surface area contributed by atoms with Crippen molar-refractivity contribution in [3.63, 3.8) is 0 Å². The van der Waals surface area contributed by atoms with Gasteiger partial charge in [0.1, 0.15) is 0 Å². The fourth-order valence-electron chi connectivity index (χ4n) is 3.33. The van der Waals surface area contributed by atoms with Gasteiger partial charge in [0.15, 0.2) is 0 Å². The molecule has 3 heterocycles. The van der Waals surface area contributed by atoms with Gasteiger partial charge in [-0.1, -0.05) is 6.92 Å². The molecule has 4 unspecified atom stereocenters. The number of likely N-dealkylation sites (N-methyl/N-ethyl adjacent to an activating group) is 1. The van der Waals surface area contributed by atoms with E-state index in [2.05, 4.69) is 17.1 Å². The maximum Gasteiger partial charge on any atom is 0.310 e. The van der Waals surface area contributed by atoms with Crippen molar-refractivity contribution in [2.75, 3.05) is 32.7 Å². The highest BCUT2D eigenvalue weighted by Gasteiger charge is 2.55. The number of carboxylic acids is 2. The van der Waals surface area contributed by atoms with Crippen LogP contribution in [0.25, 0.3) is 0 Å². The van der Waals surface area contributed by atoms with Crippen molar-refractivity contribution < 1.29 is 24.5 Å². The molecule has 0 aromatic carbocycles. The molecule has 3 aliphatic heterocycles. The minimum absolute atomic E-state index is 0.386. The van der Waals surface area contributed by atoms with E-state index < -0.39 is 23.8 Å². The summed E-state index contributed by atoms with van der Waals surface area (Å²) < 4.78 is 5.26. The second-order valence-electron chi connectivity index (χ2n) is 5.70. The van der Waals surface area contributed by atoms with Crippen LogP contribution < -0.4 is 5.32 Å². The largest absolute Gasteiger partial charge is 0.481 e. The molecule has 0 saturated carbocycles. The summed E-state index contributed by atoms with van der Waals surface area (Å²) in [6.45, 7) is 8.24. The van der Waals surface area contributed by atoms with E-state index in [1.165, 1.54) is 32.7 Å². The molecule has 120 valence electrons. The van der Waals surface area contributed by atoms with Crippen molar-refractivity contribution >= 4 is 11.9 Å². The average molecular weight is 300 g/mol. The Hall–Kier alpha value is -1.18. The van der Waals surface area contributed by atoms with Crippen LogP contribution in [0.5, 0.6) is 0 Å². The van der Waals surface area contributed by atoms with Crippen molar-refractivity contribution in [3.8, 4) is 0 Å². The highest BCUT2D eigenvalue weighted by molar-refractivity contribution is 5.82. The van der Waals surface area contributed by atoms with Gasteiger partial charge in [0.2, 0.25) is 0 Å². The number of fused-ring (bicyclic) bond motifs is 2. The second-order valence-corrected chi connectivity index (χ2v) is 5.70. The molecule has 0 amide bonds. The highest BCUT2D eigenvalue weighted by Crippen LogP contribution is 2.43. The number of nitrogens with one attached hydrogen (secondary N) is 1. The van der Waals surface area contributed by atoms with Gasteiger partial charge >= 0.3 is 11.9 Å². The monoisotopic (exact) mass is 300 g/mol. The van der Waals surface area contributed by atoms with Gasteiger partial charge in [-0.3, -0.25) is 9.59 Å². The first-order chi connectivity index (χ1) is 10.0. The molecule has 0 aliphatic carbocycles. The standard InChI is InChI=1S/C8H10O5.C6H14N2/c9-7(10)5-3-1-2-4(13-3)6(5)8(11)12;1-2-8-5-3-7-4-6-8/h3-6H,1-2H2,(H,9,10)(H,11,12);7H,2-6H2,1H3. The van der Waals surface area contributed by atoms with E-state index in [0.29, 0.717) is 12.8 Å². The van der Waals surface area contributed by atoms with Crippen LogP contribution in [0.4, 0.5) is 0 Å². The molecule has 3 fully saturated rings. The second kappa shape index (κ2) is 7.20. The van der Waals surface area contributed by atoms with Gasteiger partial charge in [0.05, 0.1) is 24.0 Å². The molecule has 7 nitrogen and oxygen atoms in total. The van der Waals surface area contributed by atoms with Gasteiger partial charge in [-0.2, -0.15) is 0 Å². The third kappa shape index (κ3) is 3.72. The number of carboxylic acid groups (broad SMARTS) is 2. The number of hydrogen-bond donors (Lipinski definition) is 3. The minimum atomic E-state index is -1.06. The summed E-state index contributed by atoms with van der Waals surface area (Å²) in [5.41, 5.74) is 0. The number of hydrogen-bond acceptors (Lipinski definition) is 5. The Balaban J connectivity index is 0.000000173. The van der Waals surface area contributed by atoms with Crippen LogP contribution in [0.1, 0.15) is 19.8 Å². The summed E-state index contributed by atoms with van der Waals surface area (Å²) in [5.74, 6) is -3.81. The molecule has 0 spiro atoms. The molecular weight excluding hydrogens is 276 g/mol. The first-order valence-corrected chi connectivity index (χ1v) is 7.58. The summed E-state index contributed by atoms with van der Waals surface area (Å²) in [5, 5.41) is 20.9. The van der Waals surface area contributed by atoms with Gasteiger partial charge in [0.25, 0.3) is 0 Å². The van der Waals surface area contributed by atoms with Crippen LogP contribution in [0, 0.1) is 11.8 Å². The topological polar surface area (TPSA) is 99.1 Å². The SMILES string of the molecule is CCN1CCNCC1.O=C(O)C1C2CCC(O2)C1C(=O)O. The van der Waals surface area contributed by atoms with E-state index in [9.17, 15) is 9.59 Å². The number of piperazine rings is 1. The number of ether oxygens (including phenoxy) is 1. The van der Waals surface area contributed by atoms with Crippen molar-refractivity contribution in [1.82, 2.24) is 10.2 Å². The van der Waals surface area contributed by atoms with Crippen LogP contribution in [-0.2, 0) is 14.3 Å². The van der Waals surface area contributed by atoms with Gasteiger partial charge in [-0.05, 0) is 19.4 Å². The zero-order valence-electron chi connectivity index (χ0n) is 12.3. The predicted molar refractivity (Wildman–Crippen MR) is 75.1 cm³/mol. The molecule has 4 atom stereocenters. The summed E-state index contributed by atoms with van der Waals surface area (Å²) in [6, 6.07) is 0. The Morgan fingerprint density at radius 3 is 1.90 bits per heavy atom. The summed E-state index contributed by atoms with van der Waals surface area (Å²) in [6.07, 6.45) is 0.573. The normalized spacial score (nSPS) is 35.1. The number of carbonyl (C=O) groups is 2. The smallest absolute Gasteiger partial charge is 0.310 e. The third-order valence-corrected chi connectivity index (χ3v) is 4.50. The highest BCUT2D eigenvalue weighted by atomic mass is 16.5. The van der Waals surface area contributed by atoms with Crippen LogP contribution >= 0.6 is 0 Å². The molecular formula is C14H24N2O5. The van der Waals surface area contributed by atoms with Crippen LogP contribution in [0.2, 0.25) is 0 Å². The molecule has 3 saturated heterocycles. The zero-order chi connectivity index (χ0) is 15.4. The van der Waals surface area contributed by atoms with Crippen LogP contribution in [0.15, 0.2) is 0 Å². The zero-order valence-corrected chi connectivity index (χ0v) is 12.3. The molecule has 0 aromatic heterocycles. The lowest BCUT2D eigenvalue weighted by Crippen LogP contribution is -2.43. The average Bonchev–Trinajstić information content (AvgIpc) is 3.09. The van der Waals surface area contributed by atoms with E-state index >= 15 is 0 Å². The van der Waals surface area contributed by atoms with Crippen molar-refractivity contribution in [2.45, 2.75) is 32.0 Å². The van der Waals surface area contributed by atoms with Gasteiger partial charge in [-0.15, -0.1) is 0 Å². The molecule has 2 bridgehead atoms. The lowest BCUT2D eigenvalue weighted by Gasteiger charge is -2.25. The molecule has 21 heavy (non-hydrogen) atoms. The summed E-state index contributed by atoms with van der Waals surface area (Å²) in [7, 11) is 0. The van der Waals surface area contributed by atoms with Gasteiger partial charge < -0.3 is 25.2 Å². The molecule has 7 heteroatoms. The number of nitrogens with zero attached hydrogens (tertiary/aromatic N) is 1. The molecule has 3 aliphatic rings. The third-order valence-electron chi connectivity index (χ3n) is 4.50. The first kappa shape index (κ1) is 16.2. The lowest BCUT2D eigenvalue weighted by atomic mass is 9.79. The quantitative estimate of drug-likeness (QED) is 0.667. The fraction of sp³-hybridized carbons (Fsp3) is 0.857. The van der Waals surface area contributed by atoms with E-state index in [1.807, 2.05) is 0 Å². The van der Waals surface area contributed by atoms with Crippen LogP contribution in [-0.4, -0.2) is 72.0 Å². The van der Waals surface area contributed by atoms with E-state index in [4.69, 9.17) is 14.9 Å². The Morgan fingerprint density at radius 2 is 1.57 bits per heavy atom. The maximum absolute atomic E-state index is 10.8. The summed E-state index contributed by atoms with van der Waals surface area (Å²) in [4.78, 5) is 24.0. The van der Waals surface area contributed by atoms with Crippen molar-refractivity contribution in [3.05, 3.63) is 0 Å². The Labute approximate surface area is 124 Å². The van der Waals surface area contributed by atoms with Crippen molar-refractivity contribution in [2.24, 2.45) is 11.8 Å². The molecule has 0 aromatic rings. The first-order valence-electron chi connectivity index (χ1n) is 7.58. The number of rotatable bonds is 3. The Morgan fingerprint density at radius 1 is 1.10 bits per heavy atom. The van der Waals surface area contributed by atoms with Crippen LogP contribution in [0.3, 0.4) is 0 Å². The maximum atomic E-state index is 10.8. The lowest BCUT2D eigenvalue weighted by molar-refractivity contribution is -0.154. The van der Waals surface area contributed by atoms with Gasteiger partial charge in [0, 0.05) is 26.2 Å².